The molecule has 4 nitrogen and oxygen atoms in total. The standard InChI is InChI=1S/C19H24N2O2/c1-3-23-18-11-9-17(10-12-18)20-14-19(22)21-15(2)13-16-7-5-4-6-8-16/h4-12,15,20H,3,13-14H2,1-2H3,(H,21,22). The van der Waals surface area contributed by atoms with Crippen LogP contribution in [0.2, 0.25) is 0 Å². The molecule has 0 saturated heterocycles. The number of hydrogen-bond acceptors (Lipinski definition) is 3. The van der Waals surface area contributed by atoms with Crippen molar-refractivity contribution in [1.29, 1.82) is 0 Å². The SMILES string of the molecule is CCOc1ccc(NCC(=O)NC(C)Cc2ccccc2)cc1. The molecule has 2 aromatic carbocycles. The Bertz CT molecular complexity index is 597. The zero-order chi connectivity index (χ0) is 16.5. The van der Waals surface area contributed by atoms with Gasteiger partial charge in [0.2, 0.25) is 5.91 Å². The van der Waals surface area contributed by atoms with E-state index < -0.39 is 0 Å². The van der Waals surface area contributed by atoms with E-state index in [0.717, 1.165) is 17.9 Å². The summed E-state index contributed by atoms with van der Waals surface area (Å²) in [5.41, 5.74) is 2.12. The van der Waals surface area contributed by atoms with Crippen molar-refractivity contribution in [2.75, 3.05) is 18.5 Å². The molecule has 1 amide bonds. The summed E-state index contributed by atoms with van der Waals surface area (Å²) in [5, 5.41) is 6.12. The molecule has 0 spiro atoms. The number of anilines is 1. The predicted molar refractivity (Wildman–Crippen MR) is 93.9 cm³/mol. The normalized spacial score (nSPS) is 11.6. The van der Waals surface area contributed by atoms with Gasteiger partial charge >= 0.3 is 0 Å². The van der Waals surface area contributed by atoms with E-state index in [4.69, 9.17) is 4.74 Å². The predicted octanol–water partition coefficient (Wildman–Crippen LogP) is 3.24. The number of rotatable bonds is 8. The second-order valence-electron chi connectivity index (χ2n) is 5.47. The van der Waals surface area contributed by atoms with Crippen molar-refractivity contribution >= 4 is 11.6 Å². The van der Waals surface area contributed by atoms with Crippen LogP contribution in [-0.2, 0) is 11.2 Å². The fraction of sp³-hybridized carbons (Fsp3) is 0.316. The van der Waals surface area contributed by atoms with Crippen LogP contribution in [0.25, 0.3) is 0 Å². The van der Waals surface area contributed by atoms with Crippen molar-refractivity contribution in [3.63, 3.8) is 0 Å². The highest BCUT2D eigenvalue weighted by Gasteiger charge is 2.08. The fourth-order valence-electron chi connectivity index (χ4n) is 2.36. The molecule has 0 radical (unpaired) electrons. The minimum Gasteiger partial charge on any atom is -0.494 e. The van der Waals surface area contributed by atoms with Crippen LogP contribution >= 0.6 is 0 Å². The van der Waals surface area contributed by atoms with Gasteiger partial charge in [-0.05, 0) is 50.1 Å². The molecule has 0 aliphatic heterocycles. The molecule has 2 aromatic rings. The topological polar surface area (TPSA) is 50.4 Å². The molecule has 4 heteroatoms. The highest BCUT2D eigenvalue weighted by atomic mass is 16.5. The number of hydrogen-bond donors (Lipinski definition) is 2. The van der Waals surface area contributed by atoms with Gasteiger partial charge < -0.3 is 15.4 Å². The van der Waals surface area contributed by atoms with Crippen LogP contribution in [-0.4, -0.2) is 25.1 Å². The lowest BCUT2D eigenvalue weighted by Crippen LogP contribution is -2.37. The van der Waals surface area contributed by atoms with Gasteiger partial charge in [0.15, 0.2) is 0 Å². The Labute approximate surface area is 137 Å². The van der Waals surface area contributed by atoms with Gasteiger partial charge in [-0.3, -0.25) is 4.79 Å². The molecule has 2 rings (SSSR count). The van der Waals surface area contributed by atoms with E-state index in [0.29, 0.717) is 6.61 Å². The van der Waals surface area contributed by atoms with Gasteiger partial charge in [0.1, 0.15) is 5.75 Å². The number of ether oxygens (including phenoxy) is 1. The molecular formula is C19H24N2O2. The molecule has 0 bridgehead atoms. The van der Waals surface area contributed by atoms with Crippen molar-refractivity contribution in [3.8, 4) is 5.75 Å². The van der Waals surface area contributed by atoms with Crippen molar-refractivity contribution in [1.82, 2.24) is 5.32 Å². The van der Waals surface area contributed by atoms with Gasteiger partial charge in [-0.2, -0.15) is 0 Å². The van der Waals surface area contributed by atoms with Crippen molar-refractivity contribution < 1.29 is 9.53 Å². The molecule has 23 heavy (non-hydrogen) atoms. The maximum absolute atomic E-state index is 12.0. The Kier molecular flexibility index (Phi) is 6.48. The van der Waals surface area contributed by atoms with Crippen LogP contribution in [0.4, 0.5) is 5.69 Å². The molecule has 2 N–H and O–H groups in total. The van der Waals surface area contributed by atoms with E-state index in [2.05, 4.69) is 22.8 Å². The van der Waals surface area contributed by atoms with Gasteiger partial charge in [-0.1, -0.05) is 30.3 Å². The molecule has 0 fully saturated rings. The number of carbonyl (C=O) groups is 1. The highest BCUT2D eigenvalue weighted by molar-refractivity contribution is 5.81. The molecular weight excluding hydrogens is 288 g/mol. The second kappa shape index (κ2) is 8.83. The van der Waals surface area contributed by atoms with Gasteiger partial charge in [0.05, 0.1) is 13.2 Å². The van der Waals surface area contributed by atoms with Crippen molar-refractivity contribution in [2.45, 2.75) is 26.3 Å². The average molecular weight is 312 g/mol. The maximum Gasteiger partial charge on any atom is 0.239 e. The number of amides is 1. The van der Waals surface area contributed by atoms with Crippen LogP contribution in [0.3, 0.4) is 0 Å². The Morgan fingerprint density at radius 2 is 1.78 bits per heavy atom. The Morgan fingerprint density at radius 1 is 1.09 bits per heavy atom. The first-order valence-corrected chi connectivity index (χ1v) is 7.97. The lowest BCUT2D eigenvalue weighted by Gasteiger charge is -2.15. The number of benzene rings is 2. The van der Waals surface area contributed by atoms with Crippen LogP contribution in [0, 0.1) is 0 Å². The zero-order valence-electron chi connectivity index (χ0n) is 13.7. The summed E-state index contributed by atoms with van der Waals surface area (Å²) in [6.45, 7) is 4.87. The van der Waals surface area contributed by atoms with E-state index >= 15 is 0 Å². The van der Waals surface area contributed by atoms with E-state index in [1.807, 2.05) is 56.3 Å². The first-order valence-electron chi connectivity index (χ1n) is 7.97. The quantitative estimate of drug-likeness (QED) is 0.787. The van der Waals surface area contributed by atoms with Crippen LogP contribution in [0.15, 0.2) is 54.6 Å². The lowest BCUT2D eigenvalue weighted by molar-refractivity contribution is -0.119. The fourth-order valence-corrected chi connectivity index (χ4v) is 2.36. The monoisotopic (exact) mass is 312 g/mol. The van der Waals surface area contributed by atoms with Gasteiger partial charge in [-0.15, -0.1) is 0 Å². The first-order chi connectivity index (χ1) is 11.2. The largest absolute Gasteiger partial charge is 0.494 e. The van der Waals surface area contributed by atoms with E-state index in [9.17, 15) is 4.79 Å². The summed E-state index contributed by atoms with van der Waals surface area (Å²) in [6, 6.07) is 17.9. The maximum atomic E-state index is 12.0. The Balaban J connectivity index is 1.74. The number of nitrogens with one attached hydrogen (secondary N) is 2. The van der Waals surface area contributed by atoms with Gasteiger partial charge in [-0.25, -0.2) is 0 Å². The number of carbonyl (C=O) groups excluding carboxylic acids is 1. The molecule has 0 heterocycles. The summed E-state index contributed by atoms with van der Waals surface area (Å²) in [7, 11) is 0. The van der Waals surface area contributed by atoms with E-state index in [1.165, 1.54) is 5.56 Å². The summed E-state index contributed by atoms with van der Waals surface area (Å²) in [5.74, 6) is 0.821. The third kappa shape index (κ3) is 6.02. The Hall–Kier alpha value is -2.49. The minimum atomic E-state index is -0.0117. The van der Waals surface area contributed by atoms with E-state index in [1.54, 1.807) is 0 Å². The van der Waals surface area contributed by atoms with Crippen LogP contribution in [0.1, 0.15) is 19.4 Å². The summed E-state index contributed by atoms with van der Waals surface area (Å²) in [6.07, 6.45) is 0.829. The van der Waals surface area contributed by atoms with Crippen molar-refractivity contribution in [3.05, 3.63) is 60.2 Å². The van der Waals surface area contributed by atoms with Gasteiger partial charge in [0.25, 0.3) is 0 Å². The summed E-state index contributed by atoms with van der Waals surface area (Å²) >= 11 is 0. The third-order valence-corrected chi connectivity index (χ3v) is 3.41. The summed E-state index contributed by atoms with van der Waals surface area (Å²) < 4.78 is 5.39. The molecule has 1 atom stereocenters. The smallest absolute Gasteiger partial charge is 0.239 e. The average Bonchev–Trinajstić information content (AvgIpc) is 2.55. The molecule has 0 saturated carbocycles. The van der Waals surface area contributed by atoms with Crippen LogP contribution < -0.4 is 15.4 Å². The molecule has 1 unspecified atom stereocenters. The van der Waals surface area contributed by atoms with Crippen molar-refractivity contribution in [2.24, 2.45) is 0 Å². The molecule has 0 aliphatic carbocycles. The van der Waals surface area contributed by atoms with Gasteiger partial charge in [0, 0.05) is 11.7 Å². The molecule has 122 valence electrons. The molecule has 0 aromatic heterocycles. The van der Waals surface area contributed by atoms with E-state index in [-0.39, 0.29) is 18.5 Å². The zero-order valence-corrected chi connectivity index (χ0v) is 13.7. The Morgan fingerprint density at radius 3 is 2.43 bits per heavy atom. The third-order valence-electron chi connectivity index (χ3n) is 3.41. The first kappa shape index (κ1) is 16.9. The minimum absolute atomic E-state index is 0.0117. The second-order valence-corrected chi connectivity index (χ2v) is 5.47. The highest BCUT2D eigenvalue weighted by Crippen LogP contribution is 2.15. The van der Waals surface area contributed by atoms with Crippen LogP contribution in [0.5, 0.6) is 5.75 Å². The molecule has 0 aliphatic rings. The lowest BCUT2D eigenvalue weighted by atomic mass is 10.1. The summed E-state index contributed by atoms with van der Waals surface area (Å²) in [4.78, 5) is 12.0.